The molecule has 0 spiro atoms. The summed E-state index contributed by atoms with van der Waals surface area (Å²) >= 11 is 0. The molecule has 28 heavy (non-hydrogen) atoms. The van der Waals surface area contributed by atoms with Gasteiger partial charge in [-0.3, -0.25) is 4.79 Å². The van der Waals surface area contributed by atoms with Gasteiger partial charge in [-0.1, -0.05) is 6.92 Å². The van der Waals surface area contributed by atoms with Crippen molar-refractivity contribution in [3.63, 3.8) is 0 Å². The zero-order chi connectivity index (χ0) is 20.6. The number of nitrogens with zero attached hydrogens (tertiary/aromatic N) is 1. The van der Waals surface area contributed by atoms with Gasteiger partial charge in [0.15, 0.2) is 23.1 Å². The van der Waals surface area contributed by atoms with Gasteiger partial charge in [0.05, 0.1) is 12.1 Å². The van der Waals surface area contributed by atoms with Crippen LogP contribution in [0.4, 0.5) is 14.5 Å². The molecule has 0 bridgehead atoms. The minimum atomic E-state index is -4.05. The third kappa shape index (κ3) is 3.73. The molecule has 2 heterocycles. The van der Waals surface area contributed by atoms with Gasteiger partial charge < -0.3 is 19.7 Å². The predicted octanol–water partition coefficient (Wildman–Crippen LogP) is 1.37. The van der Waals surface area contributed by atoms with Crippen molar-refractivity contribution in [1.82, 2.24) is 9.29 Å². The molecule has 0 saturated heterocycles. The first-order chi connectivity index (χ1) is 13.1. The van der Waals surface area contributed by atoms with Crippen molar-refractivity contribution < 1.29 is 31.8 Å². The number of carbonyl (C=O) groups is 1. The smallest absolute Gasteiger partial charge is 0.276 e. The second-order valence-electron chi connectivity index (χ2n) is 6.38. The molecule has 0 saturated carbocycles. The number of sulfonamides is 1. The van der Waals surface area contributed by atoms with Crippen molar-refractivity contribution in [1.29, 1.82) is 0 Å². The molecular formula is C17H19F2N3O5S. The molecule has 2 aromatic rings. The highest BCUT2D eigenvalue weighted by molar-refractivity contribution is 7.89. The maximum Gasteiger partial charge on any atom is 0.276 e. The molecule has 152 valence electrons. The normalized spacial score (nSPS) is 19.2. The number of aliphatic hydroxyl groups is 1. The Kier molecular flexibility index (Phi) is 5.41. The molecule has 3 rings (SSSR count). The van der Waals surface area contributed by atoms with Gasteiger partial charge in [0, 0.05) is 25.0 Å². The van der Waals surface area contributed by atoms with Gasteiger partial charge in [-0.15, -0.1) is 0 Å². The second kappa shape index (κ2) is 7.49. The van der Waals surface area contributed by atoms with Crippen molar-refractivity contribution in [3.05, 3.63) is 41.7 Å². The number of hydrogen-bond acceptors (Lipinski definition) is 5. The van der Waals surface area contributed by atoms with E-state index in [1.54, 1.807) is 6.92 Å². The Morgan fingerprint density at radius 1 is 1.43 bits per heavy atom. The molecule has 1 aromatic carbocycles. The highest BCUT2D eigenvalue weighted by Gasteiger charge is 2.36. The predicted molar refractivity (Wildman–Crippen MR) is 95.6 cm³/mol. The van der Waals surface area contributed by atoms with Crippen LogP contribution >= 0.6 is 0 Å². The maximum atomic E-state index is 13.4. The number of anilines is 1. The van der Waals surface area contributed by atoms with E-state index in [0.717, 1.165) is 12.1 Å². The number of fused-ring (bicyclic) bond motifs is 1. The van der Waals surface area contributed by atoms with Crippen LogP contribution in [0.2, 0.25) is 0 Å². The number of rotatable bonds is 4. The second-order valence-corrected chi connectivity index (χ2v) is 8.06. The molecular weight excluding hydrogens is 396 g/mol. The Bertz CT molecular complexity index is 1020. The monoisotopic (exact) mass is 415 g/mol. The van der Waals surface area contributed by atoms with Gasteiger partial charge in [0.1, 0.15) is 11.5 Å². The Labute approximate surface area is 160 Å². The number of aryl methyl sites for hydroxylation is 1. The molecule has 0 radical (unpaired) electrons. The van der Waals surface area contributed by atoms with Crippen molar-refractivity contribution >= 4 is 21.6 Å². The van der Waals surface area contributed by atoms with E-state index in [4.69, 9.17) is 4.74 Å². The first-order valence-corrected chi connectivity index (χ1v) is 9.91. The van der Waals surface area contributed by atoms with Gasteiger partial charge in [0.25, 0.3) is 5.91 Å². The summed E-state index contributed by atoms with van der Waals surface area (Å²) in [5.41, 5.74) is -0.121. The van der Waals surface area contributed by atoms with E-state index in [1.807, 2.05) is 0 Å². The number of nitrogens with one attached hydrogen (secondary N) is 2. The van der Waals surface area contributed by atoms with Crippen molar-refractivity contribution in [2.45, 2.75) is 30.4 Å². The summed E-state index contributed by atoms with van der Waals surface area (Å²) in [6.07, 6.45) is 0.545. The number of aliphatic hydroxyl groups excluding tert-OH is 1. The quantitative estimate of drug-likeness (QED) is 0.699. The summed E-state index contributed by atoms with van der Waals surface area (Å²) in [7, 11) is -2.60. The fourth-order valence-electron chi connectivity index (χ4n) is 2.88. The van der Waals surface area contributed by atoms with Crippen molar-refractivity contribution in [3.8, 4) is 5.75 Å². The first kappa shape index (κ1) is 20.2. The van der Waals surface area contributed by atoms with Gasteiger partial charge in [-0.05, 0) is 18.6 Å². The zero-order valence-corrected chi connectivity index (χ0v) is 15.9. The lowest BCUT2D eigenvalue weighted by molar-refractivity contribution is 0.0991. The van der Waals surface area contributed by atoms with E-state index in [1.165, 1.54) is 23.9 Å². The van der Waals surface area contributed by atoms with Crippen LogP contribution in [0.5, 0.6) is 5.75 Å². The highest BCUT2D eigenvalue weighted by atomic mass is 32.2. The molecule has 0 fully saturated rings. The zero-order valence-electron chi connectivity index (χ0n) is 15.1. The molecule has 1 aromatic heterocycles. The van der Waals surface area contributed by atoms with Crippen LogP contribution in [-0.4, -0.2) is 42.8 Å². The summed E-state index contributed by atoms with van der Waals surface area (Å²) in [5, 5.41) is 12.4. The van der Waals surface area contributed by atoms with Crippen LogP contribution in [0.25, 0.3) is 0 Å². The minimum Gasteiger partial charge on any atom is -0.488 e. The van der Waals surface area contributed by atoms with E-state index >= 15 is 0 Å². The van der Waals surface area contributed by atoms with Crippen LogP contribution < -0.4 is 14.8 Å². The number of hydrogen-bond donors (Lipinski definition) is 3. The molecule has 8 nitrogen and oxygen atoms in total. The fourth-order valence-corrected chi connectivity index (χ4v) is 4.33. The summed E-state index contributed by atoms with van der Waals surface area (Å²) in [4.78, 5) is 12.4. The Morgan fingerprint density at radius 3 is 2.79 bits per heavy atom. The summed E-state index contributed by atoms with van der Waals surface area (Å²) in [6, 6.07) is 1.96. The summed E-state index contributed by atoms with van der Waals surface area (Å²) in [5.74, 6) is -3.14. The Balaban J connectivity index is 1.96. The molecule has 0 aliphatic carbocycles. The summed E-state index contributed by atoms with van der Waals surface area (Å²) in [6.45, 7) is 1.51. The topological polar surface area (TPSA) is 110 Å². The van der Waals surface area contributed by atoms with Crippen LogP contribution in [0, 0.1) is 11.6 Å². The largest absolute Gasteiger partial charge is 0.488 e. The SMILES string of the molecule is CCC(O)C1COc2c(cn(C)c2C(=O)Nc2ccc(F)c(F)c2)S(=O)(=O)N1. The molecule has 1 amide bonds. The molecule has 3 N–H and O–H groups in total. The number of benzene rings is 1. The third-order valence-electron chi connectivity index (χ3n) is 4.38. The lowest BCUT2D eigenvalue weighted by Gasteiger charge is -2.20. The van der Waals surface area contributed by atoms with Gasteiger partial charge in [-0.25, -0.2) is 21.9 Å². The van der Waals surface area contributed by atoms with Gasteiger partial charge in [0.2, 0.25) is 10.0 Å². The number of amides is 1. The molecule has 1 aliphatic heterocycles. The third-order valence-corrected chi connectivity index (χ3v) is 5.86. The van der Waals surface area contributed by atoms with E-state index < -0.39 is 39.7 Å². The van der Waals surface area contributed by atoms with Crippen LogP contribution in [-0.2, 0) is 17.1 Å². The van der Waals surface area contributed by atoms with E-state index in [9.17, 15) is 27.1 Å². The average molecular weight is 415 g/mol. The number of ether oxygens (including phenoxy) is 1. The average Bonchev–Trinajstić information content (AvgIpc) is 2.92. The number of halogens is 2. The Hall–Kier alpha value is -2.50. The van der Waals surface area contributed by atoms with Crippen molar-refractivity contribution in [2.24, 2.45) is 7.05 Å². The van der Waals surface area contributed by atoms with Crippen molar-refractivity contribution in [2.75, 3.05) is 11.9 Å². The lowest BCUT2D eigenvalue weighted by atomic mass is 10.1. The molecule has 2 atom stereocenters. The maximum absolute atomic E-state index is 13.4. The first-order valence-electron chi connectivity index (χ1n) is 8.43. The molecule has 11 heteroatoms. The van der Waals surface area contributed by atoms with E-state index in [0.29, 0.717) is 6.42 Å². The van der Waals surface area contributed by atoms with Crippen LogP contribution in [0.1, 0.15) is 23.8 Å². The van der Waals surface area contributed by atoms with Gasteiger partial charge in [-0.2, -0.15) is 0 Å². The molecule has 1 aliphatic rings. The lowest BCUT2D eigenvalue weighted by Crippen LogP contribution is -2.45. The minimum absolute atomic E-state index is 0.00673. The van der Waals surface area contributed by atoms with E-state index in [2.05, 4.69) is 10.0 Å². The summed E-state index contributed by atoms with van der Waals surface area (Å²) < 4.78 is 60.8. The van der Waals surface area contributed by atoms with Gasteiger partial charge >= 0.3 is 0 Å². The standard InChI is InChI=1S/C17H19F2N3O5S/c1-3-13(23)12-8-27-16-14(28(25,26)21-12)7-22(2)15(16)17(24)20-9-4-5-10(18)11(19)6-9/h4-7,12-13,21,23H,3,8H2,1-2H3,(H,20,24). The number of carbonyl (C=O) groups excluding carboxylic acids is 1. The number of aromatic nitrogens is 1. The van der Waals surface area contributed by atoms with Crippen LogP contribution in [0.15, 0.2) is 29.3 Å². The van der Waals surface area contributed by atoms with Crippen LogP contribution in [0.3, 0.4) is 0 Å². The Morgan fingerprint density at radius 2 is 2.14 bits per heavy atom. The molecule has 2 unspecified atom stereocenters. The highest BCUT2D eigenvalue weighted by Crippen LogP contribution is 2.33. The fraction of sp³-hybridized carbons (Fsp3) is 0.353. The van der Waals surface area contributed by atoms with E-state index in [-0.39, 0.29) is 28.6 Å².